The van der Waals surface area contributed by atoms with E-state index in [4.69, 9.17) is 4.74 Å². The molecule has 10 nitrogen and oxygen atoms in total. The number of halogens is 4. The minimum Gasteiger partial charge on any atom is -0.438 e. The zero-order chi connectivity index (χ0) is 36.0. The maximum Gasteiger partial charge on any atom is 0.433 e. The van der Waals surface area contributed by atoms with Crippen LogP contribution in [0.5, 0.6) is 11.6 Å². The second-order valence-corrected chi connectivity index (χ2v) is 13.1. The van der Waals surface area contributed by atoms with Crippen molar-refractivity contribution in [3.63, 3.8) is 0 Å². The standard InChI is InChI=1S/C37H41F4N7O3/c1-47-33(37(39,40)41)22-32(46-47)35(50)45-29-13-11-28(12-14-29)44-34(49)31-21-27(38)23-43-36(31)51-30-6-2-5-26(20-30)25-9-7-24(8-10-25)4-3-17-48-18-15-42-16-19-48/h2,5-10,20-23,28-29,42H,3-4,11-19H2,1H3,(H,44,49)(H,45,50)/t28-,29+. The van der Waals surface area contributed by atoms with Gasteiger partial charge in [0, 0.05) is 51.4 Å². The monoisotopic (exact) mass is 707 g/mol. The number of benzene rings is 2. The summed E-state index contributed by atoms with van der Waals surface area (Å²) >= 11 is 0. The number of piperazine rings is 1. The van der Waals surface area contributed by atoms with Gasteiger partial charge < -0.3 is 25.6 Å². The van der Waals surface area contributed by atoms with Crippen LogP contribution in [0.15, 0.2) is 66.9 Å². The van der Waals surface area contributed by atoms with Crippen LogP contribution < -0.4 is 20.7 Å². The Morgan fingerprint density at radius 2 is 1.61 bits per heavy atom. The van der Waals surface area contributed by atoms with E-state index in [1.807, 2.05) is 18.2 Å². The topological polar surface area (TPSA) is 113 Å². The Balaban J connectivity index is 1.02. The van der Waals surface area contributed by atoms with Crippen LogP contribution >= 0.6 is 0 Å². The predicted octanol–water partition coefficient (Wildman–Crippen LogP) is 5.74. The van der Waals surface area contributed by atoms with E-state index in [0.717, 1.165) is 82.1 Å². The van der Waals surface area contributed by atoms with E-state index in [2.05, 4.69) is 55.2 Å². The number of rotatable bonds is 11. The summed E-state index contributed by atoms with van der Waals surface area (Å²) in [5, 5.41) is 12.7. The molecule has 2 aromatic heterocycles. The van der Waals surface area contributed by atoms with Gasteiger partial charge in [-0.1, -0.05) is 36.4 Å². The summed E-state index contributed by atoms with van der Waals surface area (Å²) in [6.07, 6.45) is 0.408. The van der Waals surface area contributed by atoms with Crippen molar-refractivity contribution in [1.82, 2.24) is 35.6 Å². The zero-order valence-corrected chi connectivity index (χ0v) is 28.3. The molecule has 14 heteroatoms. The molecule has 3 heterocycles. The second-order valence-electron chi connectivity index (χ2n) is 13.1. The maximum atomic E-state index is 14.3. The zero-order valence-electron chi connectivity index (χ0n) is 28.3. The Bertz CT molecular complexity index is 1820. The lowest BCUT2D eigenvalue weighted by molar-refractivity contribution is -0.143. The Labute approximate surface area is 293 Å². The van der Waals surface area contributed by atoms with Crippen LogP contribution in [0.4, 0.5) is 17.6 Å². The third kappa shape index (κ3) is 9.50. The number of nitrogens with one attached hydrogen (secondary N) is 3. The van der Waals surface area contributed by atoms with E-state index in [1.54, 1.807) is 6.07 Å². The fourth-order valence-electron chi connectivity index (χ4n) is 6.57. The van der Waals surface area contributed by atoms with E-state index >= 15 is 0 Å². The molecule has 51 heavy (non-hydrogen) atoms. The van der Waals surface area contributed by atoms with Crippen LogP contribution in [0, 0.1) is 5.82 Å². The van der Waals surface area contributed by atoms with Gasteiger partial charge in [0.25, 0.3) is 11.8 Å². The summed E-state index contributed by atoms with van der Waals surface area (Å²) in [6.45, 7) is 5.38. The number of nitrogens with zero attached hydrogens (tertiary/aromatic N) is 4. The van der Waals surface area contributed by atoms with E-state index in [0.29, 0.717) is 36.1 Å². The minimum atomic E-state index is -4.62. The van der Waals surface area contributed by atoms with Gasteiger partial charge in [-0.25, -0.2) is 9.37 Å². The van der Waals surface area contributed by atoms with Crippen molar-refractivity contribution < 1.29 is 31.9 Å². The van der Waals surface area contributed by atoms with Crippen LogP contribution in [0.1, 0.15) is 64.2 Å². The molecule has 270 valence electrons. The minimum absolute atomic E-state index is 0.0413. The summed E-state index contributed by atoms with van der Waals surface area (Å²) in [7, 11) is 1.13. The number of pyridine rings is 1. The Hall–Kier alpha value is -4.82. The molecule has 0 bridgehead atoms. The van der Waals surface area contributed by atoms with Crippen molar-refractivity contribution in [2.45, 2.75) is 56.8 Å². The maximum absolute atomic E-state index is 14.3. The first-order valence-corrected chi connectivity index (χ1v) is 17.2. The molecule has 0 unspecified atom stereocenters. The number of aryl methyl sites for hydroxylation is 2. The van der Waals surface area contributed by atoms with Crippen molar-refractivity contribution >= 4 is 11.8 Å². The lowest BCUT2D eigenvalue weighted by Crippen LogP contribution is -2.44. The highest BCUT2D eigenvalue weighted by molar-refractivity contribution is 5.96. The summed E-state index contributed by atoms with van der Waals surface area (Å²) in [5.74, 6) is -1.54. The summed E-state index contributed by atoms with van der Waals surface area (Å²) < 4.78 is 60.3. The predicted molar refractivity (Wildman–Crippen MR) is 183 cm³/mol. The van der Waals surface area contributed by atoms with E-state index in [1.165, 1.54) is 5.56 Å². The molecule has 6 rings (SSSR count). The molecule has 0 spiro atoms. The largest absolute Gasteiger partial charge is 0.438 e. The molecule has 1 aliphatic carbocycles. The number of ether oxygens (including phenoxy) is 1. The number of hydrogen-bond donors (Lipinski definition) is 3. The van der Waals surface area contributed by atoms with Gasteiger partial charge in [-0.15, -0.1) is 0 Å². The van der Waals surface area contributed by atoms with Gasteiger partial charge in [-0.2, -0.15) is 18.3 Å². The fraction of sp³-hybridized carbons (Fsp3) is 0.405. The first-order valence-electron chi connectivity index (χ1n) is 17.2. The molecule has 2 aromatic carbocycles. The van der Waals surface area contributed by atoms with Gasteiger partial charge in [0.05, 0.1) is 6.20 Å². The summed E-state index contributed by atoms with van der Waals surface area (Å²) in [6, 6.07) is 17.1. The average molecular weight is 708 g/mol. The molecule has 1 saturated carbocycles. The molecule has 0 radical (unpaired) electrons. The highest BCUT2D eigenvalue weighted by atomic mass is 19.4. The van der Waals surface area contributed by atoms with E-state index < -0.39 is 29.5 Å². The van der Waals surface area contributed by atoms with E-state index in [9.17, 15) is 27.2 Å². The van der Waals surface area contributed by atoms with Gasteiger partial charge >= 0.3 is 6.18 Å². The van der Waals surface area contributed by atoms with Crippen LogP contribution in [-0.4, -0.2) is 76.3 Å². The van der Waals surface area contributed by atoms with Crippen molar-refractivity contribution in [2.24, 2.45) is 7.05 Å². The molecular weight excluding hydrogens is 666 g/mol. The molecule has 1 aliphatic heterocycles. The van der Waals surface area contributed by atoms with Crippen LogP contribution in [0.25, 0.3) is 11.1 Å². The molecule has 2 aliphatic rings. The SMILES string of the molecule is Cn1nc(C(=O)N[C@H]2CC[C@@H](NC(=O)c3cc(F)cnc3Oc3cccc(-c4ccc(CCCN5CCNCC5)cc4)c3)CC2)cc1C(F)(F)F. The Morgan fingerprint density at radius 1 is 0.922 bits per heavy atom. The second kappa shape index (κ2) is 16.0. The van der Waals surface area contributed by atoms with Crippen molar-refractivity contribution in [2.75, 3.05) is 32.7 Å². The summed E-state index contributed by atoms with van der Waals surface area (Å²) in [5.41, 5.74) is 1.81. The molecule has 0 atom stereocenters. The number of carbonyl (C=O) groups is 2. The van der Waals surface area contributed by atoms with Gasteiger partial charge in [-0.3, -0.25) is 14.3 Å². The quantitative estimate of drug-likeness (QED) is 0.171. The number of aromatic nitrogens is 3. The van der Waals surface area contributed by atoms with Crippen LogP contribution in [0.3, 0.4) is 0 Å². The number of alkyl halides is 3. The number of hydrogen-bond acceptors (Lipinski definition) is 7. The molecular formula is C37H41F4N7O3. The van der Waals surface area contributed by atoms with Gasteiger partial charge in [0.1, 0.15) is 22.8 Å². The lowest BCUT2D eigenvalue weighted by Gasteiger charge is -2.29. The van der Waals surface area contributed by atoms with Gasteiger partial charge in [0.2, 0.25) is 5.88 Å². The Morgan fingerprint density at radius 3 is 2.27 bits per heavy atom. The number of carbonyl (C=O) groups excluding carboxylic acids is 2. The van der Waals surface area contributed by atoms with Crippen molar-refractivity contribution in [3.05, 3.63) is 95.2 Å². The molecule has 3 N–H and O–H groups in total. The Kier molecular flexibility index (Phi) is 11.3. The van der Waals surface area contributed by atoms with Crippen molar-refractivity contribution in [3.8, 4) is 22.8 Å². The number of amides is 2. The molecule has 2 amide bonds. The first-order chi connectivity index (χ1) is 24.5. The summed E-state index contributed by atoms with van der Waals surface area (Å²) in [4.78, 5) is 32.5. The smallest absolute Gasteiger partial charge is 0.433 e. The highest BCUT2D eigenvalue weighted by Gasteiger charge is 2.36. The fourth-order valence-corrected chi connectivity index (χ4v) is 6.57. The van der Waals surface area contributed by atoms with Gasteiger partial charge in [-0.05, 0) is 80.0 Å². The van der Waals surface area contributed by atoms with Gasteiger partial charge in [0.15, 0.2) is 5.69 Å². The third-order valence-corrected chi connectivity index (χ3v) is 9.35. The lowest BCUT2D eigenvalue weighted by atomic mass is 9.91. The van der Waals surface area contributed by atoms with Crippen LogP contribution in [-0.2, 0) is 19.6 Å². The highest BCUT2D eigenvalue weighted by Crippen LogP contribution is 2.31. The normalized spacial score (nSPS) is 18.3. The first kappa shape index (κ1) is 36.0. The molecule has 1 saturated heterocycles. The van der Waals surface area contributed by atoms with E-state index in [-0.39, 0.29) is 29.2 Å². The molecule has 4 aromatic rings. The average Bonchev–Trinajstić information content (AvgIpc) is 3.53. The van der Waals surface area contributed by atoms with Crippen molar-refractivity contribution in [1.29, 1.82) is 0 Å². The molecule has 2 fully saturated rings. The van der Waals surface area contributed by atoms with Crippen LogP contribution in [0.2, 0.25) is 0 Å². The third-order valence-electron chi connectivity index (χ3n) is 9.35.